The van der Waals surface area contributed by atoms with E-state index in [1.54, 1.807) is 12.3 Å². The molecule has 0 aliphatic carbocycles. The molecule has 0 radical (unpaired) electrons. The maximum Gasteiger partial charge on any atom is 0.253 e. The molecule has 0 fully saturated rings. The molecule has 0 aliphatic heterocycles. The zero-order chi connectivity index (χ0) is 16.1. The van der Waals surface area contributed by atoms with E-state index in [1.807, 2.05) is 45.0 Å². The fourth-order valence-electron chi connectivity index (χ4n) is 1.88. The van der Waals surface area contributed by atoms with Crippen LogP contribution in [0.4, 0.5) is 11.5 Å². The molecule has 0 spiro atoms. The first-order valence-corrected chi connectivity index (χ1v) is 8.09. The lowest BCUT2D eigenvalue weighted by Crippen LogP contribution is -2.31. The van der Waals surface area contributed by atoms with Crippen LogP contribution in [-0.2, 0) is 0 Å². The summed E-state index contributed by atoms with van der Waals surface area (Å²) in [5.74, 6) is 0.620. The number of carbonyl (C=O) groups is 1. The van der Waals surface area contributed by atoms with Crippen LogP contribution >= 0.6 is 15.9 Å². The lowest BCUT2D eigenvalue weighted by molar-refractivity contribution is 0.0939. The van der Waals surface area contributed by atoms with Gasteiger partial charge in [0.05, 0.1) is 5.56 Å². The van der Waals surface area contributed by atoms with E-state index in [9.17, 15) is 4.79 Å². The first-order valence-electron chi connectivity index (χ1n) is 7.29. The van der Waals surface area contributed by atoms with Crippen molar-refractivity contribution in [2.75, 3.05) is 5.32 Å². The highest BCUT2D eigenvalue weighted by Crippen LogP contribution is 2.22. The molecule has 4 nitrogen and oxygen atoms in total. The van der Waals surface area contributed by atoms with Crippen molar-refractivity contribution in [1.82, 2.24) is 10.3 Å². The predicted molar refractivity (Wildman–Crippen MR) is 93.6 cm³/mol. The third-order valence-corrected chi connectivity index (χ3v) is 4.34. The second-order valence-corrected chi connectivity index (χ2v) is 6.16. The molecule has 116 valence electrons. The number of benzene rings is 1. The van der Waals surface area contributed by atoms with Crippen molar-refractivity contribution in [3.8, 4) is 0 Å². The number of amides is 1. The van der Waals surface area contributed by atoms with Gasteiger partial charge in [-0.15, -0.1) is 0 Å². The van der Waals surface area contributed by atoms with Crippen LogP contribution < -0.4 is 10.6 Å². The first kappa shape index (κ1) is 16.5. The molecule has 1 heterocycles. The Morgan fingerprint density at radius 3 is 2.68 bits per heavy atom. The maximum absolute atomic E-state index is 12.0. The summed E-state index contributed by atoms with van der Waals surface area (Å²) in [6.07, 6.45) is 2.49. The van der Waals surface area contributed by atoms with E-state index in [-0.39, 0.29) is 11.9 Å². The fourth-order valence-corrected chi connectivity index (χ4v) is 2.13. The molecule has 0 aliphatic rings. The Labute approximate surface area is 139 Å². The van der Waals surface area contributed by atoms with E-state index >= 15 is 0 Å². The number of hydrogen-bond donors (Lipinski definition) is 2. The minimum absolute atomic E-state index is 0.0899. The number of rotatable bonds is 5. The molecular weight excluding hydrogens is 342 g/mol. The third-order valence-electron chi connectivity index (χ3n) is 3.45. The van der Waals surface area contributed by atoms with Crippen molar-refractivity contribution >= 4 is 33.3 Å². The van der Waals surface area contributed by atoms with Gasteiger partial charge in [-0.2, -0.15) is 0 Å². The van der Waals surface area contributed by atoms with Crippen molar-refractivity contribution in [3.05, 3.63) is 52.1 Å². The molecule has 0 saturated carbocycles. The van der Waals surface area contributed by atoms with Crippen LogP contribution in [0.1, 0.15) is 36.2 Å². The Kier molecular flexibility index (Phi) is 5.55. The Balaban J connectivity index is 2.05. The largest absolute Gasteiger partial charge is 0.350 e. The molecule has 1 atom stereocenters. The standard InChI is InChI=1S/C17H20BrN3O/c1-4-12(3)20-17(22)13-5-8-16(19-10-13)21-14-6-7-15(18)11(2)9-14/h5-10,12H,4H2,1-3H3,(H,19,21)(H,20,22). The average Bonchev–Trinajstić information content (AvgIpc) is 2.51. The molecule has 0 saturated heterocycles. The smallest absolute Gasteiger partial charge is 0.253 e. The van der Waals surface area contributed by atoms with Gasteiger partial charge in [0.15, 0.2) is 0 Å². The molecule has 1 amide bonds. The Morgan fingerprint density at radius 2 is 2.09 bits per heavy atom. The van der Waals surface area contributed by atoms with Gasteiger partial charge in [0.2, 0.25) is 0 Å². The van der Waals surface area contributed by atoms with Crippen molar-refractivity contribution in [2.45, 2.75) is 33.2 Å². The number of aryl methyl sites for hydroxylation is 1. The van der Waals surface area contributed by atoms with Crippen LogP contribution in [-0.4, -0.2) is 16.9 Å². The average molecular weight is 362 g/mol. The van der Waals surface area contributed by atoms with Crippen LogP contribution in [0, 0.1) is 6.92 Å². The number of halogens is 1. The fraction of sp³-hybridized carbons (Fsp3) is 0.294. The molecule has 22 heavy (non-hydrogen) atoms. The minimum atomic E-state index is -0.0899. The van der Waals surface area contributed by atoms with Gasteiger partial charge in [0, 0.05) is 22.4 Å². The quantitative estimate of drug-likeness (QED) is 0.828. The van der Waals surface area contributed by atoms with Crippen molar-refractivity contribution < 1.29 is 4.79 Å². The second-order valence-electron chi connectivity index (χ2n) is 5.30. The lowest BCUT2D eigenvalue weighted by atomic mass is 10.2. The summed E-state index contributed by atoms with van der Waals surface area (Å²) in [7, 11) is 0. The summed E-state index contributed by atoms with van der Waals surface area (Å²) in [5, 5.41) is 6.15. The highest BCUT2D eigenvalue weighted by Gasteiger charge is 2.09. The second kappa shape index (κ2) is 7.40. The highest BCUT2D eigenvalue weighted by molar-refractivity contribution is 9.10. The minimum Gasteiger partial charge on any atom is -0.350 e. The van der Waals surface area contributed by atoms with Crippen LogP contribution in [0.25, 0.3) is 0 Å². The summed E-state index contributed by atoms with van der Waals surface area (Å²) in [5.41, 5.74) is 2.68. The highest BCUT2D eigenvalue weighted by atomic mass is 79.9. The van der Waals surface area contributed by atoms with Crippen LogP contribution in [0.3, 0.4) is 0 Å². The molecule has 5 heteroatoms. The van der Waals surface area contributed by atoms with Gasteiger partial charge in [-0.05, 0) is 56.2 Å². The van der Waals surface area contributed by atoms with Crippen LogP contribution in [0.15, 0.2) is 41.0 Å². The van der Waals surface area contributed by atoms with E-state index in [1.165, 1.54) is 0 Å². The van der Waals surface area contributed by atoms with Crippen molar-refractivity contribution in [2.24, 2.45) is 0 Å². The number of anilines is 2. The van der Waals surface area contributed by atoms with E-state index in [4.69, 9.17) is 0 Å². The Hall–Kier alpha value is -1.88. The Bertz CT molecular complexity index is 655. The molecule has 2 N–H and O–H groups in total. The molecular formula is C17H20BrN3O. The van der Waals surface area contributed by atoms with Gasteiger partial charge in [-0.25, -0.2) is 4.98 Å². The zero-order valence-electron chi connectivity index (χ0n) is 13.0. The topological polar surface area (TPSA) is 54.0 Å². The lowest BCUT2D eigenvalue weighted by Gasteiger charge is -2.12. The Morgan fingerprint density at radius 1 is 1.32 bits per heavy atom. The van der Waals surface area contributed by atoms with Gasteiger partial charge in [-0.3, -0.25) is 4.79 Å². The van der Waals surface area contributed by atoms with Gasteiger partial charge < -0.3 is 10.6 Å². The number of carbonyl (C=O) groups excluding carboxylic acids is 1. The first-order chi connectivity index (χ1) is 10.5. The van der Waals surface area contributed by atoms with Gasteiger partial charge in [0.25, 0.3) is 5.91 Å². The molecule has 2 aromatic rings. The van der Waals surface area contributed by atoms with Gasteiger partial charge in [-0.1, -0.05) is 22.9 Å². The molecule has 1 aromatic carbocycles. The molecule has 1 aromatic heterocycles. The number of pyridine rings is 1. The van der Waals surface area contributed by atoms with E-state index < -0.39 is 0 Å². The molecule has 2 rings (SSSR count). The van der Waals surface area contributed by atoms with E-state index in [2.05, 4.69) is 31.5 Å². The molecule has 1 unspecified atom stereocenters. The maximum atomic E-state index is 12.0. The third kappa shape index (κ3) is 4.31. The van der Waals surface area contributed by atoms with E-state index in [0.29, 0.717) is 11.4 Å². The zero-order valence-corrected chi connectivity index (χ0v) is 14.6. The predicted octanol–water partition coefficient (Wildman–Crippen LogP) is 4.42. The summed E-state index contributed by atoms with van der Waals surface area (Å²) in [6, 6.07) is 9.75. The summed E-state index contributed by atoms with van der Waals surface area (Å²) >= 11 is 3.48. The number of nitrogens with one attached hydrogen (secondary N) is 2. The molecule has 0 bridgehead atoms. The normalized spacial score (nSPS) is 11.8. The van der Waals surface area contributed by atoms with Crippen LogP contribution in [0.5, 0.6) is 0 Å². The number of hydrogen-bond acceptors (Lipinski definition) is 3. The number of aromatic nitrogens is 1. The van der Waals surface area contributed by atoms with Crippen molar-refractivity contribution in [1.29, 1.82) is 0 Å². The van der Waals surface area contributed by atoms with Crippen LogP contribution in [0.2, 0.25) is 0 Å². The monoisotopic (exact) mass is 361 g/mol. The summed E-state index contributed by atoms with van der Waals surface area (Å²) in [6.45, 7) is 6.05. The van der Waals surface area contributed by atoms with Crippen molar-refractivity contribution in [3.63, 3.8) is 0 Å². The SMILES string of the molecule is CCC(C)NC(=O)c1ccc(Nc2ccc(Br)c(C)c2)nc1. The summed E-state index contributed by atoms with van der Waals surface area (Å²) in [4.78, 5) is 16.3. The van der Waals surface area contributed by atoms with Gasteiger partial charge >= 0.3 is 0 Å². The van der Waals surface area contributed by atoms with Gasteiger partial charge in [0.1, 0.15) is 5.82 Å². The number of nitrogens with zero attached hydrogens (tertiary/aromatic N) is 1. The summed E-state index contributed by atoms with van der Waals surface area (Å²) < 4.78 is 1.07. The van der Waals surface area contributed by atoms with E-state index in [0.717, 1.165) is 22.1 Å².